The van der Waals surface area contributed by atoms with E-state index in [4.69, 9.17) is 4.98 Å². The van der Waals surface area contributed by atoms with Crippen LogP contribution in [0.5, 0.6) is 0 Å². The molecule has 0 saturated carbocycles. The van der Waals surface area contributed by atoms with Crippen molar-refractivity contribution in [2.75, 3.05) is 18.4 Å². The van der Waals surface area contributed by atoms with E-state index in [1.54, 1.807) is 24.3 Å². The van der Waals surface area contributed by atoms with E-state index in [1.165, 1.54) is 4.31 Å². The lowest BCUT2D eigenvalue weighted by Gasteiger charge is -2.30. The Morgan fingerprint density at radius 3 is 2.31 bits per heavy atom. The lowest BCUT2D eigenvalue weighted by Crippen LogP contribution is -2.41. The summed E-state index contributed by atoms with van der Waals surface area (Å²) in [6, 6.07) is 20.6. The molecule has 1 aliphatic heterocycles. The van der Waals surface area contributed by atoms with Crippen LogP contribution >= 0.6 is 0 Å². The van der Waals surface area contributed by atoms with Gasteiger partial charge in [0.2, 0.25) is 15.9 Å². The van der Waals surface area contributed by atoms with Crippen LogP contribution in [-0.2, 0) is 14.8 Å². The van der Waals surface area contributed by atoms with Crippen molar-refractivity contribution >= 4 is 27.4 Å². The second-order valence-electron chi connectivity index (χ2n) is 9.04. The summed E-state index contributed by atoms with van der Waals surface area (Å²) in [5.41, 5.74) is 4.45. The number of hydrogen-bond donors (Lipinski definition) is 1. The van der Waals surface area contributed by atoms with Gasteiger partial charge in [0.05, 0.1) is 4.90 Å². The van der Waals surface area contributed by atoms with Gasteiger partial charge in [-0.05, 0) is 50.5 Å². The van der Waals surface area contributed by atoms with Crippen LogP contribution in [0.4, 0.5) is 5.82 Å². The fourth-order valence-corrected chi connectivity index (χ4v) is 6.03. The predicted molar refractivity (Wildman–Crippen MR) is 137 cm³/mol. The number of nitrogens with zero attached hydrogens (tertiary/aromatic N) is 3. The number of carbonyl (C=O) groups is 1. The van der Waals surface area contributed by atoms with E-state index < -0.39 is 10.0 Å². The summed E-state index contributed by atoms with van der Waals surface area (Å²) in [6.07, 6.45) is 2.83. The van der Waals surface area contributed by atoms with Crippen molar-refractivity contribution < 1.29 is 13.2 Å². The van der Waals surface area contributed by atoms with Crippen molar-refractivity contribution in [1.29, 1.82) is 0 Å². The first-order chi connectivity index (χ1) is 16.8. The van der Waals surface area contributed by atoms with E-state index in [-0.39, 0.29) is 11.8 Å². The Morgan fingerprint density at radius 1 is 0.943 bits per heavy atom. The SMILES string of the molecule is Cc1ccc(S(=O)(=O)N2CCC(C(=O)Nc3c(-c4ccccc4)nc4c(C)cccn34)CC2)cc1. The maximum absolute atomic E-state index is 13.3. The minimum Gasteiger partial charge on any atom is -0.310 e. The first-order valence-electron chi connectivity index (χ1n) is 11.8. The van der Waals surface area contributed by atoms with Crippen LogP contribution in [0, 0.1) is 19.8 Å². The molecule has 0 unspecified atom stereocenters. The first kappa shape index (κ1) is 23.3. The smallest absolute Gasteiger partial charge is 0.243 e. The molecule has 1 amide bonds. The number of hydrogen-bond acceptors (Lipinski definition) is 4. The lowest BCUT2D eigenvalue weighted by molar-refractivity contribution is -0.120. The molecule has 2 aromatic heterocycles. The number of piperidine rings is 1. The molecule has 3 heterocycles. The molecule has 0 radical (unpaired) electrons. The summed E-state index contributed by atoms with van der Waals surface area (Å²) in [5, 5.41) is 3.11. The number of fused-ring (bicyclic) bond motifs is 1. The third-order valence-electron chi connectivity index (χ3n) is 6.62. The average Bonchev–Trinajstić information content (AvgIpc) is 3.24. The van der Waals surface area contributed by atoms with Crippen LogP contribution in [0.25, 0.3) is 16.9 Å². The zero-order valence-electron chi connectivity index (χ0n) is 19.8. The van der Waals surface area contributed by atoms with Crippen molar-refractivity contribution in [3.63, 3.8) is 0 Å². The number of carbonyl (C=O) groups excluding carboxylic acids is 1. The van der Waals surface area contributed by atoms with Crippen molar-refractivity contribution in [3.8, 4) is 11.3 Å². The number of amides is 1. The van der Waals surface area contributed by atoms with Crippen LogP contribution in [-0.4, -0.2) is 41.1 Å². The van der Waals surface area contributed by atoms with Crippen LogP contribution in [0.2, 0.25) is 0 Å². The molecular formula is C27H28N4O3S. The maximum atomic E-state index is 13.3. The third-order valence-corrected chi connectivity index (χ3v) is 8.53. The predicted octanol–water partition coefficient (Wildman–Crippen LogP) is 4.66. The molecule has 1 aliphatic rings. The molecular weight excluding hydrogens is 460 g/mol. The number of benzene rings is 2. The van der Waals surface area contributed by atoms with Crippen molar-refractivity contribution in [1.82, 2.24) is 13.7 Å². The van der Waals surface area contributed by atoms with Crippen LogP contribution in [0.15, 0.2) is 77.8 Å². The summed E-state index contributed by atoms with van der Waals surface area (Å²) in [4.78, 5) is 18.4. The van der Waals surface area contributed by atoms with E-state index in [0.29, 0.717) is 42.3 Å². The summed E-state index contributed by atoms with van der Waals surface area (Å²) in [5.74, 6) is 0.242. The largest absolute Gasteiger partial charge is 0.310 e. The van der Waals surface area contributed by atoms with Gasteiger partial charge in [-0.25, -0.2) is 13.4 Å². The number of anilines is 1. The minimum atomic E-state index is -3.57. The van der Waals surface area contributed by atoms with Gasteiger partial charge in [-0.3, -0.25) is 9.20 Å². The van der Waals surface area contributed by atoms with Crippen LogP contribution < -0.4 is 5.32 Å². The van der Waals surface area contributed by atoms with E-state index >= 15 is 0 Å². The second-order valence-corrected chi connectivity index (χ2v) is 11.0. The number of aromatic nitrogens is 2. The van der Waals surface area contributed by atoms with E-state index in [1.807, 2.05) is 66.9 Å². The molecule has 2 aromatic carbocycles. The Kier molecular flexibility index (Phi) is 6.17. The molecule has 35 heavy (non-hydrogen) atoms. The molecule has 1 N–H and O–H groups in total. The highest BCUT2D eigenvalue weighted by molar-refractivity contribution is 7.89. The highest BCUT2D eigenvalue weighted by Gasteiger charge is 2.32. The monoisotopic (exact) mass is 488 g/mol. The van der Waals surface area contributed by atoms with Gasteiger partial charge < -0.3 is 5.32 Å². The fourth-order valence-electron chi connectivity index (χ4n) is 4.56. The van der Waals surface area contributed by atoms with Crippen LogP contribution in [0.3, 0.4) is 0 Å². The van der Waals surface area contributed by atoms with Crippen molar-refractivity contribution in [2.45, 2.75) is 31.6 Å². The van der Waals surface area contributed by atoms with Gasteiger partial charge >= 0.3 is 0 Å². The van der Waals surface area contributed by atoms with E-state index in [9.17, 15) is 13.2 Å². The van der Waals surface area contributed by atoms with Gasteiger partial charge in [-0.15, -0.1) is 0 Å². The Bertz CT molecular complexity index is 1470. The molecule has 0 atom stereocenters. The zero-order valence-corrected chi connectivity index (χ0v) is 20.6. The standard InChI is InChI=1S/C27H28N4O3S/c1-19-10-12-23(13-11-19)35(33,34)30-17-14-22(15-18-30)27(32)29-26-24(21-8-4-3-5-9-21)28-25-20(2)7-6-16-31(25)26/h3-13,16,22H,14-15,17-18H2,1-2H3,(H,29,32). The van der Waals surface area contributed by atoms with E-state index in [2.05, 4.69) is 5.32 Å². The molecule has 5 rings (SSSR count). The normalized spacial score (nSPS) is 15.4. The third kappa shape index (κ3) is 4.47. The number of aryl methyl sites for hydroxylation is 2. The lowest BCUT2D eigenvalue weighted by atomic mass is 9.97. The number of nitrogens with one attached hydrogen (secondary N) is 1. The average molecular weight is 489 g/mol. The zero-order chi connectivity index (χ0) is 24.6. The highest BCUT2D eigenvalue weighted by atomic mass is 32.2. The molecule has 180 valence electrons. The number of sulfonamides is 1. The van der Waals surface area contributed by atoms with Gasteiger partial charge in [-0.1, -0.05) is 54.1 Å². The fraction of sp³-hybridized carbons (Fsp3) is 0.259. The summed E-state index contributed by atoms with van der Waals surface area (Å²) < 4.78 is 29.4. The van der Waals surface area contributed by atoms with Crippen molar-refractivity contribution in [3.05, 3.63) is 84.1 Å². The number of pyridine rings is 1. The molecule has 1 fully saturated rings. The van der Waals surface area contributed by atoms with Gasteiger partial charge in [0.25, 0.3) is 0 Å². The second kappa shape index (κ2) is 9.28. The summed E-state index contributed by atoms with van der Waals surface area (Å²) in [7, 11) is -3.57. The molecule has 0 aliphatic carbocycles. The molecule has 7 nitrogen and oxygen atoms in total. The molecule has 4 aromatic rings. The van der Waals surface area contributed by atoms with Crippen molar-refractivity contribution in [2.24, 2.45) is 5.92 Å². The summed E-state index contributed by atoms with van der Waals surface area (Å²) >= 11 is 0. The number of imidazole rings is 1. The van der Waals surface area contributed by atoms with E-state index in [0.717, 1.165) is 22.3 Å². The Balaban J connectivity index is 1.35. The highest BCUT2D eigenvalue weighted by Crippen LogP contribution is 2.31. The minimum absolute atomic E-state index is 0.113. The molecule has 8 heteroatoms. The Labute approximate surface area is 205 Å². The summed E-state index contributed by atoms with van der Waals surface area (Å²) in [6.45, 7) is 4.54. The topological polar surface area (TPSA) is 83.8 Å². The first-order valence-corrected chi connectivity index (χ1v) is 13.2. The maximum Gasteiger partial charge on any atom is 0.243 e. The van der Waals surface area contributed by atoms with Crippen LogP contribution in [0.1, 0.15) is 24.0 Å². The Hall–Kier alpha value is -3.49. The molecule has 0 spiro atoms. The van der Waals surface area contributed by atoms with Gasteiger partial charge in [0.15, 0.2) is 0 Å². The Morgan fingerprint density at radius 2 is 1.63 bits per heavy atom. The van der Waals surface area contributed by atoms with Gasteiger partial charge in [0.1, 0.15) is 17.2 Å². The number of rotatable bonds is 5. The van der Waals surface area contributed by atoms with Gasteiger partial charge in [-0.2, -0.15) is 4.31 Å². The quantitative estimate of drug-likeness (QED) is 0.443. The molecule has 0 bridgehead atoms. The van der Waals surface area contributed by atoms with Gasteiger partial charge in [0, 0.05) is 30.8 Å². The molecule has 1 saturated heterocycles.